The molecule has 1 rings (SSSR count). The molecule has 0 atom stereocenters. The molecule has 0 bridgehead atoms. The molecular formula is C14H20IN3O2. The van der Waals surface area contributed by atoms with Crippen LogP contribution in [0, 0.1) is 3.57 Å². The maximum atomic E-state index is 11.9. The number of rotatable bonds is 6. The van der Waals surface area contributed by atoms with Crippen molar-refractivity contribution in [2.45, 2.75) is 19.9 Å². The van der Waals surface area contributed by atoms with Gasteiger partial charge in [0, 0.05) is 15.3 Å². The Labute approximate surface area is 133 Å². The van der Waals surface area contributed by atoms with E-state index in [1.807, 2.05) is 38.1 Å². The van der Waals surface area contributed by atoms with E-state index in [0.29, 0.717) is 0 Å². The standard InChI is InChI=1S/C14H20IN3O2/c1-10(2)16-13(19)8-18(3)9-14(20)17-12-6-4-5-11(15)7-12/h4-7,10H,8-9H2,1-3H3,(H,16,19)(H,17,20). The summed E-state index contributed by atoms with van der Waals surface area (Å²) >= 11 is 2.19. The number of nitrogens with one attached hydrogen (secondary N) is 2. The van der Waals surface area contributed by atoms with E-state index in [1.165, 1.54) is 0 Å². The Bertz CT molecular complexity index is 477. The van der Waals surface area contributed by atoms with Gasteiger partial charge in [0.15, 0.2) is 0 Å². The monoisotopic (exact) mass is 389 g/mol. The summed E-state index contributed by atoms with van der Waals surface area (Å²) in [6.07, 6.45) is 0. The van der Waals surface area contributed by atoms with Crippen LogP contribution in [0.2, 0.25) is 0 Å². The number of carbonyl (C=O) groups is 2. The summed E-state index contributed by atoms with van der Waals surface area (Å²) in [6, 6.07) is 7.68. The lowest BCUT2D eigenvalue weighted by Gasteiger charge is -2.17. The highest BCUT2D eigenvalue weighted by atomic mass is 127. The Morgan fingerprint density at radius 1 is 1.25 bits per heavy atom. The van der Waals surface area contributed by atoms with Crippen LogP contribution in [0.25, 0.3) is 0 Å². The van der Waals surface area contributed by atoms with Crippen molar-refractivity contribution < 1.29 is 9.59 Å². The van der Waals surface area contributed by atoms with Crippen LogP contribution in [0.4, 0.5) is 5.69 Å². The van der Waals surface area contributed by atoms with Crippen molar-refractivity contribution in [2.24, 2.45) is 0 Å². The van der Waals surface area contributed by atoms with E-state index in [-0.39, 0.29) is 30.9 Å². The average molecular weight is 389 g/mol. The zero-order chi connectivity index (χ0) is 15.1. The van der Waals surface area contributed by atoms with E-state index < -0.39 is 0 Å². The van der Waals surface area contributed by atoms with E-state index in [4.69, 9.17) is 0 Å². The van der Waals surface area contributed by atoms with Crippen LogP contribution in [0.1, 0.15) is 13.8 Å². The maximum absolute atomic E-state index is 11.9. The summed E-state index contributed by atoms with van der Waals surface area (Å²) in [5, 5.41) is 5.60. The van der Waals surface area contributed by atoms with Gasteiger partial charge in [-0.2, -0.15) is 0 Å². The van der Waals surface area contributed by atoms with Crippen molar-refractivity contribution in [3.63, 3.8) is 0 Å². The normalized spacial score (nSPS) is 10.7. The summed E-state index contributed by atoms with van der Waals surface area (Å²) in [7, 11) is 1.74. The predicted octanol–water partition coefficient (Wildman–Crippen LogP) is 1.69. The second-order valence-electron chi connectivity index (χ2n) is 4.95. The van der Waals surface area contributed by atoms with Gasteiger partial charge in [-0.25, -0.2) is 0 Å². The molecule has 0 fully saturated rings. The van der Waals surface area contributed by atoms with Gasteiger partial charge in [0.25, 0.3) is 0 Å². The molecule has 2 amide bonds. The van der Waals surface area contributed by atoms with Crippen LogP contribution in [-0.4, -0.2) is 42.9 Å². The molecule has 0 heterocycles. The third-order valence-electron chi connectivity index (χ3n) is 2.39. The number of hydrogen-bond donors (Lipinski definition) is 2. The number of likely N-dealkylation sites (N-methyl/N-ethyl adjacent to an activating group) is 1. The van der Waals surface area contributed by atoms with Gasteiger partial charge < -0.3 is 10.6 Å². The van der Waals surface area contributed by atoms with Crippen LogP contribution >= 0.6 is 22.6 Å². The van der Waals surface area contributed by atoms with Gasteiger partial charge in [-0.15, -0.1) is 0 Å². The van der Waals surface area contributed by atoms with Crippen molar-refractivity contribution >= 4 is 40.1 Å². The van der Waals surface area contributed by atoms with Crippen LogP contribution in [0.5, 0.6) is 0 Å². The Morgan fingerprint density at radius 2 is 1.90 bits per heavy atom. The van der Waals surface area contributed by atoms with Crippen LogP contribution in [0.15, 0.2) is 24.3 Å². The minimum atomic E-state index is -0.133. The molecule has 1 aromatic rings. The minimum absolute atomic E-state index is 0.0791. The van der Waals surface area contributed by atoms with Gasteiger partial charge in [-0.3, -0.25) is 14.5 Å². The summed E-state index contributed by atoms with van der Waals surface area (Å²) in [4.78, 5) is 25.1. The van der Waals surface area contributed by atoms with Crippen LogP contribution < -0.4 is 10.6 Å². The first-order valence-corrected chi connectivity index (χ1v) is 7.48. The van der Waals surface area contributed by atoms with E-state index in [1.54, 1.807) is 11.9 Å². The molecular weight excluding hydrogens is 369 g/mol. The Hall–Kier alpha value is -1.15. The zero-order valence-corrected chi connectivity index (χ0v) is 14.1. The maximum Gasteiger partial charge on any atom is 0.238 e. The number of nitrogens with zero attached hydrogens (tertiary/aromatic N) is 1. The highest BCUT2D eigenvalue weighted by Crippen LogP contribution is 2.12. The molecule has 0 aromatic heterocycles. The fraction of sp³-hybridized carbons (Fsp3) is 0.429. The fourth-order valence-electron chi connectivity index (χ4n) is 1.68. The number of hydrogen-bond acceptors (Lipinski definition) is 3. The van der Waals surface area contributed by atoms with E-state index in [2.05, 4.69) is 33.2 Å². The van der Waals surface area contributed by atoms with Crippen LogP contribution in [0.3, 0.4) is 0 Å². The van der Waals surface area contributed by atoms with E-state index >= 15 is 0 Å². The number of carbonyl (C=O) groups excluding carboxylic acids is 2. The highest BCUT2D eigenvalue weighted by Gasteiger charge is 2.11. The second-order valence-corrected chi connectivity index (χ2v) is 6.20. The number of amides is 2. The molecule has 5 nitrogen and oxygen atoms in total. The summed E-state index contributed by atoms with van der Waals surface area (Å²) in [5.41, 5.74) is 0.766. The largest absolute Gasteiger partial charge is 0.353 e. The molecule has 0 aliphatic carbocycles. The fourth-order valence-corrected chi connectivity index (χ4v) is 2.22. The topological polar surface area (TPSA) is 61.4 Å². The van der Waals surface area contributed by atoms with Gasteiger partial charge in [-0.05, 0) is 61.7 Å². The molecule has 0 spiro atoms. The highest BCUT2D eigenvalue weighted by molar-refractivity contribution is 14.1. The number of halogens is 1. The number of anilines is 1. The Balaban J connectivity index is 2.40. The smallest absolute Gasteiger partial charge is 0.238 e. The molecule has 6 heteroatoms. The van der Waals surface area contributed by atoms with Crippen LogP contribution in [-0.2, 0) is 9.59 Å². The Morgan fingerprint density at radius 3 is 2.50 bits per heavy atom. The first kappa shape index (κ1) is 16.9. The zero-order valence-electron chi connectivity index (χ0n) is 11.9. The molecule has 0 saturated carbocycles. The van der Waals surface area contributed by atoms with Gasteiger partial charge in [-0.1, -0.05) is 6.07 Å². The van der Waals surface area contributed by atoms with Gasteiger partial charge >= 0.3 is 0 Å². The third kappa shape index (κ3) is 6.85. The van der Waals surface area contributed by atoms with Crippen molar-refractivity contribution in [3.8, 4) is 0 Å². The average Bonchev–Trinajstić information content (AvgIpc) is 2.26. The molecule has 0 aliphatic rings. The van der Waals surface area contributed by atoms with E-state index in [0.717, 1.165) is 9.26 Å². The van der Waals surface area contributed by atoms with Gasteiger partial charge in [0.1, 0.15) is 0 Å². The number of benzene rings is 1. The minimum Gasteiger partial charge on any atom is -0.353 e. The lowest BCUT2D eigenvalue weighted by molar-refractivity contribution is -0.123. The lowest BCUT2D eigenvalue weighted by atomic mass is 10.3. The van der Waals surface area contributed by atoms with Gasteiger partial charge in [0.05, 0.1) is 13.1 Å². The molecule has 0 aliphatic heterocycles. The predicted molar refractivity (Wildman–Crippen MR) is 88.6 cm³/mol. The summed E-state index contributed by atoms with van der Waals surface area (Å²) in [5.74, 6) is -0.212. The molecule has 110 valence electrons. The van der Waals surface area contributed by atoms with Crippen molar-refractivity contribution in [3.05, 3.63) is 27.8 Å². The Kier molecular flexibility index (Phi) is 6.94. The summed E-state index contributed by atoms with van der Waals surface area (Å²) in [6.45, 7) is 4.19. The van der Waals surface area contributed by atoms with Gasteiger partial charge in [0.2, 0.25) is 11.8 Å². The van der Waals surface area contributed by atoms with Crippen molar-refractivity contribution in [1.82, 2.24) is 10.2 Å². The van der Waals surface area contributed by atoms with Crippen molar-refractivity contribution in [1.29, 1.82) is 0 Å². The first-order valence-electron chi connectivity index (χ1n) is 6.40. The molecule has 1 aromatic carbocycles. The molecule has 20 heavy (non-hydrogen) atoms. The third-order valence-corrected chi connectivity index (χ3v) is 3.06. The SMILES string of the molecule is CC(C)NC(=O)CN(C)CC(=O)Nc1cccc(I)c1. The molecule has 0 saturated heterocycles. The summed E-state index contributed by atoms with van der Waals surface area (Å²) < 4.78 is 1.06. The lowest BCUT2D eigenvalue weighted by Crippen LogP contribution is -2.41. The molecule has 0 unspecified atom stereocenters. The second kappa shape index (κ2) is 8.21. The first-order chi connectivity index (χ1) is 9.36. The van der Waals surface area contributed by atoms with Crippen molar-refractivity contribution in [2.75, 3.05) is 25.5 Å². The quantitative estimate of drug-likeness (QED) is 0.728. The molecule has 0 radical (unpaired) electrons. The van der Waals surface area contributed by atoms with E-state index in [9.17, 15) is 9.59 Å². The molecule has 2 N–H and O–H groups in total.